The summed E-state index contributed by atoms with van der Waals surface area (Å²) in [5.74, 6) is -0.0972. The van der Waals surface area contributed by atoms with Crippen molar-refractivity contribution in [2.75, 3.05) is 26.2 Å². The third-order valence-electron chi connectivity index (χ3n) is 5.87. The number of carbonyl (C=O) groups is 3. The Morgan fingerprint density at radius 3 is 2.10 bits per heavy atom. The van der Waals surface area contributed by atoms with Gasteiger partial charge in [-0.3, -0.25) is 14.4 Å². The largest absolute Gasteiger partial charge is 0.354 e. The number of amides is 3. The van der Waals surface area contributed by atoms with E-state index in [1.165, 1.54) is 6.42 Å². The topological polar surface area (TPSA) is 78.5 Å². The lowest BCUT2D eigenvalue weighted by molar-refractivity contribution is -0.128. The van der Waals surface area contributed by atoms with Crippen molar-refractivity contribution < 1.29 is 14.4 Å². The van der Waals surface area contributed by atoms with Crippen LogP contribution >= 0.6 is 11.6 Å². The van der Waals surface area contributed by atoms with Gasteiger partial charge in [0.2, 0.25) is 11.8 Å². The Kier molecular flexibility index (Phi) is 7.92. The maximum atomic E-state index is 12.7. The molecule has 0 aromatic heterocycles. The van der Waals surface area contributed by atoms with Crippen molar-refractivity contribution in [3.63, 3.8) is 0 Å². The molecule has 1 atom stereocenters. The summed E-state index contributed by atoms with van der Waals surface area (Å²) in [5, 5.41) is 6.43. The first-order valence-corrected chi connectivity index (χ1v) is 11.0. The normalized spacial score (nSPS) is 20.2. The van der Waals surface area contributed by atoms with Crippen LogP contribution in [0, 0.1) is 11.8 Å². The highest BCUT2D eigenvalue weighted by molar-refractivity contribution is 6.30. The van der Waals surface area contributed by atoms with Gasteiger partial charge in [-0.1, -0.05) is 30.9 Å². The van der Waals surface area contributed by atoms with Gasteiger partial charge in [0.15, 0.2) is 0 Å². The van der Waals surface area contributed by atoms with Crippen LogP contribution in [-0.4, -0.2) is 48.8 Å². The number of nitrogens with zero attached hydrogens (tertiary/aromatic N) is 1. The van der Waals surface area contributed by atoms with Crippen LogP contribution in [0.5, 0.6) is 0 Å². The number of hydrogen-bond acceptors (Lipinski definition) is 3. The van der Waals surface area contributed by atoms with E-state index in [2.05, 4.69) is 10.6 Å². The standard InChI is InChI=1S/C22H30ClN3O3/c23-19-10-8-17(9-11-19)22(29)26-14-4-7-18(15-26)21(28)25-13-12-24-20(27)16-5-2-1-3-6-16/h8-11,16,18H,1-7,12-15H2,(H,24,27)(H,25,28). The van der Waals surface area contributed by atoms with Crippen LogP contribution in [0.4, 0.5) is 0 Å². The zero-order valence-electron chi connectivity index (χ0n) is 16.8. The molecule has 0 radical (unpaired) electrons. The molecule has 1 aromatic rings. The molecule has 2 N–H and O–H groups in total. The van der Waals surface area contributed by atoms with Crippen LogP contribution in [0.1, 0.15) is 55.3 Å². The number of likely N-dealkylation sites (tertiary alicyclic amines) is 1. The van der Waals surface area contributed by atoms with Gasteiger partial charge in [-0.2, -0.15) is 0 Å². The molecule has 1 aliphatic heterocycles. The maximum Gasteiger partial charge on any atom is 0.253 e. The second-order valence-corrected chi connectivity index (χ2v) is 8.45. The van der Waals surface area contributed by atoms with Gasteiger partial charge in [0.05, 0.1) is 5.92 Å². The molecule has 1 heterocycles. The molecule has 2 fully saturated rings. The van der Waals surface area contributed by atoms with Crippen molar-refractivity contribution in [1.29, 1.82) is 0 Å². The number of halogens is 1. The quantitative estimate of drug-likeness (QED) is 0.695. The van der Waals surface area contributed by atoms with E-state index in [-0.39, 0.29) is 29.6 Å². The zero-order chi connectivity index (χ0) is 20.6. The smallest absolute Gasteiger partial charge is 0.253 e. The third kappa shape index (κ3) is 6.20. The number of carbonyl (C=O) groups excluding carboxylic acids is 3. The fourth-order valence-corrected chi connectivity index (χ4v) is 4.30. The van der Waals surface area contributed by atoms with Crippen molar-refractivity contribution in [3.05, 3.63) is 34.9 Å². The highest BCUT2D eigenvalue weighted by atomic mass is 35.5. The predicted octanol–water partition coefficient (Wildman–Crippen LogP) is 3.00. The average molecular weight is 420 g/mol. The Hall–Kier alpha value is -2.08. The van der Waals surface area contributed by atoms with Crippen LogP contribution in [0.25, 0.3) is 0 Å². The summed E-state index contributed by atoms with van der Waals surface area (Å²) in [6, 6.07) is 6.82. The molecule has 158 valence electrons. The molecule has 1 aliphatic carbocycles. The molecule has 7 heteroatoms. The SMILES string of the molecule is O=C(NCCNC(=O)C1CCCN(C(=O)c2ccc(Cl)cc2)C1)C1CCCCC1. The summed E-state index contributed by atoms with van der Waals surface area (Å²) < 4.78 is 0. The van der Waals surface area contributed by atoms with Gasteiger partial charge in [-0.05, 0) is 49.9 Å². The van der Waals surface area contributed by atoms with Gasteiger partial charge >= 0.3 is 0 Å². The van der Waals surface area contributed by atoms with Crippen molar-refractivity contribution in [1.82, 2.24) is 15.5 Å². The molecule has 3 rings (SSSR count). The van der Waals surface area contributed by atoms with E-state index in [0.717, 1.165) is 38.5 Å². The van der Waals surface area contributed by atoms with E-state index in [1.54, 1.807) is 29.2 Å². The molecule has 2 aliphatic rings. The summed E-state index contributed by atoms with van der Waals surface area (Å²) in [7, 11) is 0. The zero-order valence-corrected chi connectivity index (χ0v) is 17.5. The summed E-state index contributed by atoms with van der Waals surface area (Å²) in [6.07, 6.45) is 6.98. The summed E-state index contributed by atoms with van der Waals surface area (Å²) in [4.78, 5) is 39.1. The van der Waals surface area contributed by atoms with E-state index in [9.17, 15) is 14.4 Å². The minimum Gasteiger partial charge on any atom is -0.354 e. The number of piperidine rings is 1. The fraction of sp³-hybridized carbons (Fsp3) is 0.591. The molecule has 0 bridgehead atoms. The van der Waals surface area contributed by atoms with Gasteiger partial charge in [-0.25, -0.2) is 0 Å². The minimum absolute atomic E-state index is 0.0504. The molecule has 1 aromatic carbocycles. The van der Waals surface area contributed by atoms with Crippen molar-refractivity contribution in [2.45, 2.75) is 44.9 Å². The highest BCUT2D eigenvalue weighted by Crippen LogP contribution is 2.23. The molecule has 1 unspecified atom stereocenters. The van der Waals surface area contributed by atoms with E-state index in [4.69, 9.17) is 11.6 Å². The molecular formula is C22H30ClN3O3. The van der Waals surface area contributed by atoms with E-state index in [0.29, 0.717) is 36.8 Å². The molecule has 29 heavy (non-hydrogen) atoms. The lowest BCUT2D eigenvalue weighted by Crippen LogP contribution is -2.46. The van der Waals surface area contributed by atoms with Crippen LogP contribution < -0.4 is 10.6 Å². The van der Waals surface area contributed by atoms with Crippen LogP contribution in [0.3, 0.4) is 0 Å². The van der Waals surface area contributed by atoms with E-state index >= 15 is 0 Å². The van der Waals surface area contributed by atoms with Gasteiger partial charge in [0.1, 0.15) is 0 Å². The number of benzene rings is 1. The second-order valence-electron chi connectivity index (χ2n) is 8.01. The Morgan fingerprint density at radius 1 is 0.862 bits per heavy atom. The molecule has 6 nitrogen and oxygen atoms in total. The Bertz CT molecular complexity index is 717. The average Bonchev–Trinajstić information content (AvgIpc) is 2.77. The number of rotatable bonds is 6. The summed E-state index contributed by atoms with van der Waals surface area (Å²) >= 11 is 5.89. The Labute approximate surface area is 177 Å². The molecule has 3 amide bonds. The number of nitrogens with one attached hydrogen (secondary N) is 2. The minimum atomic E-state index is -0.214. The van der Waals surface area contributed by atoms with Gasteiger partial charge in [-0.15, -0.1) is 0 Å². The maximum absolute atomic E-state index is 12.7. The van der Waals surface area contributed by atoms with E-state index in [1.807, 2.05) is 0 Å². The first-order valence-electron chi connectivity index (χ1n) is 10.6. The van der Waals surface area contributed by atoms with Crippen molar-refractivity contribution in [3.8, 4) is 0 Å². The third-order valence-corrected chi connectivity index (χ3v) is 6.12. The lowest BCUT2D eigenvalue weighted by Gasteiger charge is -2.32. The van der Waals surface area contributed by atoms with Gasteiger partial charge in [0.25, 0.3) is 5.91 Å². The second kappa shape index (κ2) is 10.6. The van der Waals surface area contributed by atoms with Crippen LogP contribution in [0.15, 0.2) is 24.3 Å². The predicted molar refractivity (Wildman–Crippen MR) is 113 cm³/mol. The first-order chi connectivity index (χ1) is 14.0. The summed E-state index contributed by atoms with van der Waals surface area (Å²) in [5.41, 5.74) is 0.584. The lowest BCUT2D eigenvalue weighted by atomic mass is 9.89. The first kappa shape index (κ1) is 21.6. The van der Waals surface area contributed by atoms with E-state index < -0.39 is 0 Å². The van der Waals surface area contributed by atoms with Crippen LogP contribution in [0.2, 0.25) is 5.02 Å². The molecule has 1 saturated heterocycles. The van der Waals surface area contributed by atoms with Crippen molar-refractivity contribution in [2.24, 2.45) is 11.8 Å². The molecular weight excluding hydrogens is 390 g/mol. The summed E-state index contributed by atoms with van der Waals surface area (Å²) in [6.45, 7) is 1.94. The van der Waals surface area contributed by atoms with Gasteiger partial charge in [0, 0.05) is 42.7 Å². The monoisotopic (exact) mass is 419 g/mol. The Balaban J connectivity index is 1.40. The molecule has 1 saturated carbocycles. The molecule has 0 spiro atoms. The fourth-order valence-electron chi connectivity index (χ4n) is 4.18. The van der Waals surface area contributed by atoms with Crippen molar-refractivity contribution >= 4 is 29.3 Å². The van der Waals surface area contributed by atoms with Crippen LogP contribution in [-0.2, 0) is 9.59 Å². The number of hydrogen-bond donors (Lipinski definition) is 2. The van der Waals surface area contributed by atoms with Gasteiger partial charge < -0.3 is 15.5 Å². The Morgan fingerprint density at radius 2 is 1.45 bits per heavy atom. The highest BCUT2D eigenvalue weighted by Gasteiger charge is 2.29.